The number of hydrogen-bond acceptors (Lipinski definition) is 2. The molecule has 1 aliphatic heterocycles. The maximum absolute atomic E-state index is 11.3. The van der Waals surface area contributed by atoms with Crippen LogP contribution >= 0.6 is 0 Å². The summed E-state index contributed by atoms with van der Waals surface area (Å²) >= 11 is 0. The Balaban J connectivity index is 2.06. The highest BCUT2D eigenvalue weighted by Crippen LogP contribution is 2.27. The lowest BCUT2D eigenvalue weighted by atomic mass is 10.0. The minimum absolute atomic E-state index is 0.311. The van der Waals surface area contributed by atoms with Crippen LogP contribution in [0, 0.1) is 5.92 Å². The van der Waals surface area contributed by atoms with Gasteiger partial charge >= 0.3 is 5.97 Å². The van der Waals surface area contributed by atoms with Crippen LogP contribution in [-0.2, 0) is 13.0 Å². The Hall–Kier alpha value is -2.10. The molecule has 0 radical (unpaired) electrons. The molecule has 0 amide bonds. The van der Waals surface area contributed by atoms with E-state index in [0.717, 1.165) is 30.9 Å². The summed E-state index contributed by atoms with van der Waals surface area (Å²) in [5.74, 6) is 0.812. The van der Waals surface area contributed by atoms with Gasteiger partial charge in [0.1, 0.15) is 5.82 Å². The van der Waals surface area contributed by atoms with Gasteiger partial charge in [0, 0.05) is 24.7 Å². The largest absolute Gasteiger partial charge is 0.478 e. The van der Waals surface area contributed by atoms with Crippen molar-refractivity contribution in [1.29, 1.82) is 0 Å². The lowest BCUT2D eigenvalue weighted by Crippen LogP contribution is -2.17. The SMILES string of the molecule is CC1CCc2nc(-c3ccccc3C(=O)O)cn2C1. The summed E-state index contributed by atoms with van der Waals surface area (Å²) in [5, 5.41) is 9.24. The third-order valence-corrected chi connectivity index (χ3v) is 3.66. The number of hydrogen-bond donors (Lipinski definition) is 1. The number of benzene rings is 1. The average Bonchev–Trinajstić information content (AvgIpc) is 2.81. The molecule has 4 heteroatoms. The summed E-state index contributed by atoms with van der Waals surface area (Å²) in [6.45, 7) is 3.20. The van der Waals surface area contributed by atoms with Gasteiger partial charge in [-0.2, -0.15) is 0 Å². The molecule has 19 heavy (non-hydrogen) atoms. The molecule has 98 valence electrons. The Morgan fingerprint density at radius 3 is 3.00 bits per heavy atom. The molecule has 1 atom stereocenters. The fourth-order valence-corrected chi connectivity index (χ4v) is 2.64. The number of fused-ring (bicyclic) bond motifs is 1. The summed E-state index contributed by atoms with van der Waals surface area (Å²) in [6.07, 6.45) is 4.10. The Morgan fingerprint density at radius 1 is 1.42 bits per heavy atom. The van der Waals surface area contributed by atoms with E-state index in [1.165, 1.54) is 0 Å². The van der Waals surface area contributed by atoms with Gasteiger partial charge < -0.3 is 9.67 Å². The molecule has 4 nitrogen and oxygen atoms in total. The third-order valence-electron chi connectivity index (χ3n) is 3.66. The Labute approximate surface area is 111 Å². The van der Waals surface area contributed by atoms with Gasteiger partial charge in [-0.1, -0.05) is 25.1 Å². The molecule has 0 aliphatic carbocycles. The van der Waals surface area contributed by atoms with Crippen molar-refractivity contribution in [3.05, 3.63) is 41.9 Å². The van der Waals surface area contributed by atoms with Crippen LogP contribution in [0.3, 0.4) is 0 Å². The molecule has 3 rings (SSSR count). The number of carboxylic acids is 1. The normalized spacial score (nSPS) is 18.1. The zero-order chi connectivity index (χ0) is 13.4. The van der Waals surface area contributed by atoms with Crippen molar-refractivity contribution in [1.82, 2.24) is 9.55 Å². The van der Waals surface area contributed by atoms with E-state index in [1.807, 2.05) is 18.3 Å². The van der Waals surface area contributed by atoms with Crippen LogP contribution in [0.25, 0.3) is 11.3 Å². The van der Waals surface area contributed by atoms with Crippen LogP contribution in [0.4, 0.5) is 0 Å². The van der Waals surface area contributed by atoms with Crippen LogP contribution in [-0.4, -0.2) is 20.6 Å². The lowest BCUT2D eigenvalue weighted by Gasteiger charge is -2.19. The standard InChI is InChI=1S/C15H16N2O2/c1-10-6-7-14-16-13(9-17(14)8-10)11-4-2-3-5-12(11)15(18)19/h2-5,9-10H,6-8H2,1H3,(H,18,19). The predicted octanol–water partition coefficient (Wildman–Crippen LogP) is 2.83. The van der Waals surface area contributed by atoms with Crippen molar-refractivity contribution >= 4 is 5.97 Å². The second kappa shape index (κ2) is 4.53. The van der Waals surface area contributed by atoms with E-state index in [2.05, 4.69) is 16.5 Å². The van der Waals surface area contributed by atoms with E-state index in [-0.39, 0.29) is 0 Å². The second-order valence-corrected chi connectivity index (χ2v) is 5.19. The van der Waals surface area contributed by atoms with Crippen LogP contribution in [0.15, 0.2) is 30.5 Å². The zero-order valence-electron chi connectivity index (χ0n) is 10.8. The maximum atomic E-state index is 11.3. The molecule has 0 fully saturated rings. The summed E-state index contributed by atoms with van der Waals surface area (Å²) in [5.41, 5.74) is 1.78. The summed E-state index contributed by atoms with van der Waals surface area (Å²) in [4.78, 5) is 15.9. The molecule has 1 aromatic carbocycles. The van der Waals surface area contributed by atoms with Crippen molar-refractivity contribution in [2.75, 3.05) is 0 Å². The third kappa shape index (κ3) is 2.14. The monoisotopic (exact) mass is 256 g/mol. The number of nitrogens with zero attached hydrogens (tertiary/aromatic N) is 2. The molecule has 0 saturated carbocycles. The minimum Gasteiger partial charge on any atom is -0.478 e. The molecule has 2 heterocycles. The van der Waals surface area contributed by atoms with Crippen molar-refractivity contribution in [2.24, 2.45) is 5.92 Å². The first-order chi connectivity index (χ1) is 9.15. The van der Waals surface area contributed by atoms with Crippen LogP contribution in [0.5, 0.6) is 0 Å². The first-order valence-electron chi connectivity index (χ1n) is 6.54. The van der Waals surface area contributed by atoms with Gasteiger partial charge in [-0.05, 0) is 18.4 Å². The lowest BCUT2D eigenvalue weighted by molar-refractivity contribution is 0.0697. The van der Waals surface area contributed by atoms with Crippen molar-refractivity contribution in [2.45, 2.75) is 26.3 Å². The molecular weight excluding hydrogens is 240 g/mol. The Bertz CT molecular complexity index is 631. The zero-order valence-corrected chi connectivity index (χ0v) is 10.8. The number of aryl methyl sites for hydroxylation is 1. The Morgan fingerprint density at radius 2 is 2.21 bits per heavy atom. The molecular formula is C15H16N2O2. The topological polar surface area (TPSA) is 55.1 Å². The van der Waals surface area contributed by atoms with E-state index >= 15 is 0 Å². The molecule has 0 bridgehead atoms. The smallest absolute Gasteiger partial charge is 0.336 e. The highest BCUT2D eigenvalue weighted by Gasteiger charge is 2.19. The average molecular weight is 256 g/mol. The predicted molar refractivity (Wildman–Crippen MR) is 72.1 cm³/mol. The first kappa shape index (κ1) is 12.0. The van der Waals surface area contributed by atoms with Gasteiger partial charge in [-0.3, -0.25) is 0 Å². The summed E-state index contributed by atoms with van der Waals surface area (Å²) < 4.78 is 2.15. The van der Waals surface area contributed by atoms with Crippen molar-refractivity contribution in [3.63, 3.8) is 0 Å². The number of rotatable bonds is 2. The van der Waals surface area contributed by atoms with Crippen LogP contribution < -0.4 is 0 Å². The van der Waals surface area contributed by atoms with Crippen LogP contribution in [0.2, 0.25) is 0 Å². The second-order valence-electron chi connectivity index (χ2n) is 5.19. The number of imidazole rings is 1. The van der Waals surface area contributed by atoms with Gasteiger partial charge in [0.25, 0.3) is 0 Å². The molecule has 1 N–H and O–H groups in total. The maximum Gasteiger partial charge on any atom is 0.336 e. The first-order valence-corrected chi connectivity index (χ1v) is 6.54. The minimum atomic E-state index is -0.907. The number of aromatic carboxylic acids is 1. The molecule has 0 saturated heterocycles. The van der Waals surface area contributed by atoms with E-state index in [4.69, 9.17) is 0 Å². The quantitative estimate of drug-likeness (QED) is 0.898. The highest BCUT2D eigenvalue weighted by atomic mass is 16.4. The molecule has 1 aliphatic rings. The number of carbonyl (C=O) groups is 1. The molecule has 2 aromatic rings. The van der Waals surface area contributed by atoms with Crippen molar-refractivity contribution in [3.8, 4) is 11.3 Å². The van der Waals surface area contributed by atoms with Gasteiger partial charge in [0.2, 0.25) is 0 Å². The van der Waals surface area contributed by atoms with Crippen molar-refractivity contribution < 1.29 is 9.90 Å². The Kier molecular flexibility index (Phi) is 2.85. The van der Waals surface area contributed by atoms with E-state index < -0.39 is 5.97 Å². The van der Waals surface area contributed by atoms with E-state index in [9.17, 15) is 9.90 Å². The molecule has 1 unspecified atom stereocenters. The van der Waals surface area contributed by atoms with Gasteiger partial charge in [-0.25, -0.2) is 9.78 Å². The number of aromatic nitrogens is 2. The van der Waals surface area contributed by atoms with Gasteiger partial charge in [0.05, 0.1) is 11.3 Å². The summed E-state index contributed by atoms with van der Waals surface area (Å²) in [6, 6.07) is 7.04. The van der Waals surface area contributed by atoms with E-state index in [0.29, 0.717) is 17.0 Å². The van der Waals surface area contributed by atoms with Gasteiger partial charge in [0.15, 0.2) is 0 Å². The molecule has 0 spiro atoms. The number of carboxylic acid groups (broad SMARTS) is 1. The fraction of sp³-hybridized carbons (Fsp3) is 0.333. The van der Waals surface area contributed by atoms with Gasteiger partial charge in [-0.15, -0.1) is 0 Å². The molecule has 1 aromatic heterocycles. The van der Waals surface area contributed by atoms with E-state index in [1.54, 1.807) is 12.1 Å². The fourth-order valence-electron chi connectivity index (χ4n) is 2.64. The van der Waals surface area contributed by atoms with Crippen LogP contribution in [0.1, 0.15) is 29.5 Å². The summed E-state index contributed by atoms with van der Waals surface area (Å²) in [7, 11) is 0. The highest BCUT2D eigenvalue weighted by molar-refractivity contribution is 5.95.